The number of carbonyl (C=O) groups is 1. The molecule has 6 nitrogen and oxygen atoms in total. The molecule has 2 rings (SSSR count). The maximum absolute atomic E-state index is 12.6. The van der Waals surface area contributed by atoms with Crippen molar-refractivity contribution >= 4 is 34.8 Å². The van der Waals surface area contributed by atoms with Crippen LogP contribution in [0.3, 0.4) is 0 Å². The molecule has 12 heteroatoms. The highest BCUT2D eigenvalue weighted by Gasteiger charge is 2.17. The van der Waals surface area contributed by atoms with Crippen molar-refractivity contribution in [3.05, 3.63) is 23.6 Å². The molecule has 1 amide bonds. The summed E-state index contributed by atoms with van der Waals surface area (Å²) in [6, 6.07) is 3.39. The van der Waals surface area contributed by atoms with E-state index in [4.69, 9.17) is 0 Å². The number of carbonyl (C=O) groups excluding carboxylic acids is 1. The minimum absolute atomic E-state index is 0. The minimum Gasteiger partial charge on any atom is -0.435 e. The van der Waals surface area contributed by atoms with E-state index in [0.29, 0.717) is 6.54 Å². The van der Waals surface area contributed by atoms with Crippen LogP contribution in [0.2, 0.25) is 0 Å². The van der Waals surface area contributed by atoms with Gasteiger partial charge in [0.05, 0.1) is 5.69 Å². The fourth-order valence-electron chi connectivity index (χ4n) is 1.96. The van der Waals surface area contributed by atoms with Gasteiger partial charge in [0.1, 0.15) is 11.5 Å². The number of anilines is 1. The highest BCUT2D eigenvalue weighted by Crippen LogP contribution is 2.36. The molecule has 0 fully saturated rings. The van der Waals surface area contributed by atoms with Crippen molar-refractivity contribution in [3.8, 4) is 22.8 Å². The first-order chi connectivity index (χ1) is 12.4. The zero-order valence-electron chi connectivity index (χ0n) is 13.9. The van der Waals surface area contributed by atoms with Gasteiger partial charge in [-0.05, 0) is 19.2 Å². The fourth-order valence-corrected chi connectivity index (χ4v) is 2.69. The van der Waals surface area contributed by atoms with Gasteiger partial charge in [-0.3, -0.25) is 4.79 Å². The molecular weight excluding hydrogens is 414 g/mol. The Kier molecular flexibility index (Phi) is 9.26. The van der Waals surface area contributed by atoms with E-state index in [2.05, 4.69) is 25.1 Å². The van der Waals surface area contributed by atoms with Crippen LogP contribution in [-0.4, -0.2) is 37.7 Å². The third kappa shape index (κ3) is 7.19. The molecule has 0 atom stereocenters. The molecule has 0 spiro atoms. The van der Waals surface area contributed by atoms with E-state index in [-0.39, 0.29) is 52.6 Å². The second-order valence-corrected chi connectivity index (χ2v) is 5.71. The smallest absolute Gasteiger partial charge is 0.387 e. The number of halogens is 5. The lowest BCUT2D eigenvalue weighted by Crippen LogP contribution is -2.18. The van der Waals surface area contributed by atoms with Gasteiger partial charge in [-0.25, -0.2) is 4.98 Å². The Hall–Kier alpha value is -2.11. The normalized spacial score (nSPS) is 10.6. The number of benzene rings is 1. The number of ether oxygens (including phenoxy) is 2. The number of aromatic nitrogens is 1. The predicted octanol–water partition coefficient (Wildman–Crippen LogP) is 3.98. The zero-order chi connectivity index (χ0) is 19.1. The van der Waals surface area contributed by atoms with E-state index >= 15 is 0 Å². The van der Waals surface area contributed by atoms with Crippen LogP contribution in [0.25, 0.3) is 11.3 Å². The number of nitrogens with one attached hydrogen (secondary N) is 2. The van der Waals surface area contributed by atoms with Crippen LogP contribution in [0.5, 0.6) is 11.5 Å². The Balaban J connectivity index is 0.00000364. The average molecular weight is 430 g/mol. The molecule has 0 aliphatic rings. The number of thiazole rings is 1. The van der Waals surface area contributed by atoms with Gasteiger partial charge in [0.25, 0.3) is 0 Å². The molecule has 2 N–H and O–H groups in total. The van der Waals surface area contributed by atoms with Gasteiger partial charge < -0.3 is 20.1 Å². The third-order valence-corrected chi connectivity index (χ3v) is 3.78. The molecule has 150 valence electrons. The first-order valence-corrected chi connectivity index (χ1v) is 8.21. The van der Waals surface area contributed by atoms with Crippen LogP contribution in [-0.2, 0) is 4.79 Å². The SMILES string of the molecule is CNCCC(=O)Nc1nc(-c2ccc(OC(F)F)cc2OC(F)F)cs1.Cl. The number of nitrogens with zero attached hydrogens (tertiary/aromatic N) is 1. The fraction of sp³-hybridized carbons (Fsp3) is 0.333. The first-order valence-electron chi connectivity index (χ1n) is 7.33. The maximum atomic E-state index is 12.6. The largest absolute Gasteiger partial charge is 0.435 e. The Morgan fingerprint density at radius 2 is 1.93 bits per heavy atom. The summed E-state index contributed by atoms with van der Waals surface area (Å²) in [5.41, 5.74) is 0.400. The van der Waals surface area contributed by atoms with E-state index in [0.717, 1.165) is 17.4 Å². The number of hydrogen-bond donors (Lipinski definition) is 2. The van der Waals surface area contributed by atoms with Gasteiger partial charge in [-0.1, -0.05) is 0 Å². The van der Waals surface area contributed by atoms with Crippen LogP contribution in [0.15, 0.2) is 23.6 Å². The lowest BCUT2D eigenvalue weighted by atomic mass is 10.1. The van der Waals surface area contributed by atoms with E-state index in [9.17, 15) is 22.4 Å². The van der Waals surface area contributed by atoms with Gasteiger partial charge in [0.15, 0.2) is 5.13 Å². The lowest BCUT2D eigenvalue weighted by molar-refractivity contribution is -0.116. The maximum Gasteiger partial charge on any atom is 0.387 e. The lowest BCUT2D eigenvalue weighted by Gasteiger charge is -2.12. The molecule has 0 aliphatic heterocycles. The number of rotatable bonds is 9. The van der Waals surface area contributed by atoms with Gasteiger partial charge in [-0.15, -0.1) is 23.7 Å². The van der Waals surface area contributed by atoms with Gasteiger partial charge in [0.2, 0.25) is 5.91 Å². The number of alkyl halides is 4. The van der Waals surface area contributed by atoms with E-state index in [1.807, 2.05) is 0 Å². The average Bonchev–Trinajstić information content (AvgIpc) is 3.00. The summed E-state index contributed by atoms with van der Waals surface area (Å²) in [6.45, 7) is -5.77. The molecule has 0 bridgehead atoms. The van der Waals surface area contributed by atoms with Crippen LogP contribution < -0.4 is 20.1 Å². The van der Waals surface area contributed by atoms with E-state index in [1.54, 1.807) is 7.05 Å². The molecule has 0 saturated carbocycles. The van der Waals surface area contributed by atoms with Crippen molar-refractivity contribution < 1.29 is 31.8 Å². The van der Waals surface area contributed by atoms with Crippen molar-refractivity contribution in [1.82, 2.24) is 10.3 Å². The molecule has 2 aromatic rings. The Morgan fingerprint density at radius 3 is 2.56 bits per heavy atom. The van der Waals surface area contributed by atoms with Crippen molar-refractivity contribution in [2.45, 2.75) is 19.6 Å². The van der Waals surface area contributed by atoms with Crippen molar-refractivity contribution in [2.75, 3.05) is 18.9 Å². The molecule has 0 saturated heterocycles. The van der Waals surface area contributed by atoms with Crippen molar-refractivity contribution in [2.24, 2.45) is 0 Å². The standard InChI is InChI=1S/C15H15F4N3O3S.ClH/c1-20-5-4-12(23)22-15-21-10(7-26-15)9-3-2-8(24-13(16)17)6-11(9)25-14(18)19;/h2-3,6-7,13-14,20H,4-5H2,1H3,(H,21,22,23);1H. The van der Waals surface area contributed by atoms with Gasteiger partial charge in [-0.2, -0.15) is 17.6 Å². The molecule has 1 aromatic heterocycles. The molecular formula is C15H16ClF4N3O3S. The number of amides is 1. The third-order valence-electron chi connectivity index (χ3n) is 3.02. The Bertz CT molecular complexity index is 749. The van der Waals surface area contributed by atoms with Crippen molar-refractivity contribution in [3.63, 3.8) is 0 Å². The predicted molar refractivity (Wildman–Crippen MR) is 95.2 cm³/mol. The molecule has 0 unspecified atom stereocenters. The summed E-state index contributed by atoms with van der Waals surface area (Å²) in [5, 5.41) is 7.21. The monoisotopic (exact) mass is 429 g/mol. The summed E-state index contributed by atoms with van der Waals surface area (Å²) in [7, 11) is 1.71. The Labute approximate surface area is 162 Å². The summed E-state index contributed by atoms with van der Waals surface area (Å²) >= 11 is 1.09. The van der Waals surface area contributed by atoms with E-state index < -0.39 is 13.2 Å². The molecule has 27 heavy (non-hydrogen) atoms. The molecule has 0 radical (unpaired) electrons. The highest BCUT2D eigenvalue weighted by molar-refractivity contribution is 7.14. The first kappa shape index (κ1) is 22.9. The quantitative estimate of drug-likeness (QED) is 0.590. The topological polar surface area (TPSA) is 72.5 Å². The molecule has 0 aliphatic carbocycles. The van der Waals surface area contributed by atoms with Crippen LogP contribution in [0, 0.1) is 0 Å². The van der Waals surface area contributed by atoms with Crippen molar-refractivity contribution in [1.29, 1.82) is 0 Å². The molecule has 1 heterocycles. The summed E-state index contributed by atoms with van der Waals surface area (Å²) < 4.78 is 58.4. The molecule has 1 aromatic carbocycles. The van der Waals surface area contributed by atoms with Crippen LogP contribution in [0.1, 0.15) is 6.42 Å². The van der Waals surface area contributed by atoms with Crippen LogP contribution >= 0.6 is 23.7 Å². The van der Waals surface area contributed by atoms with E-state index in [1.165, 1.54) is 17.5 Å². The zero-order valence-corrected chi connectivity index (χ0v) is 15.5. The van der Waals surface area contributed by atoms with Gasteiger partial charge >= 0.3 is 13.2 Å². The minimum atomic E-state index is -3.16. The second-order valence-electron chi connectivity index (χ2n) is 4.85. The highest BCUT2D eigenvalue weighted by atomic mass is 35.5. The van der Waals surface area contributed by atoms with Crippen LogP contribution in [0.4, 0.5) is 22.7 Å². The second kappa shape index (κ2) is 10.9. The summed E-state index contributed by atoms with van der Waals surface area (Å²) in [6.07, 6.45) is 0.241. The van der Waals surface area contributed by atoms with Gasteiger partial charge in [0, 0.05) is 30.0 Å². The number of hydrogen-bond acceptors (Lipinski definition) is 6. The summed E-state index contributed by atoms with van der Waals surface area (Å²) in [4.78, 5) is 15.8. The summed E-state index contributed by atoms with van der Waals surface area (Å²) in [5.74, 6) is -0.947. The Morgan fingerprint density at radius 1 is 1.22 bits per heavy atom.